The lowest BCUT2D eigenvalue weighted by Gasteiger charge is -2.07. The van der Waals surface area contributed by atoms with Crippen molar-refractivity contribution in [2.75, 3.05) is 7.11 Å². The summed E-state index contributed by atoms with van der Waals surface area (Å²) in [4.78, 5) is 4.46. The average Bonchev–Trinajstić information content (AvgIpc) is 2.47. The molecule has 0 aliphatic heterocycles. The number of ether oxygens (including phenoxy) is 1. The van der Waals surface area contributed by atoms with Crippen LogP contribution in [0.3, 0.4) is 0 Å². The van der Waals surface area contributed by atoms with Crippen molar-refractivity contribution in [3.8, 4) is 17.0 Å². The normalized spacial score (nSPS) is 10.6. The zero-order valence-electron chi connectivity index (χ0n) is 10.6. The van der Waals surface area contributed by atoms with Crippen molar-refractivity contribution in [3.05, 3.63) is 54.6 Å². The van der Waals surface area contributed by atoms with Gasteiger partial charge in [0, 0.05) is 5.56 Å². The fourth-order valence-corrected chi connectivity index (χ4v) is 2.14. The molecule has 3 rings (SSSR count). The number of rotatable bonds is 2. The van der Waals surface area contributed by atoms with Gasteiger partial charge in [-0.15, -0.1) is 0 Å². The molecule has 3 heteroatoms. The van der Waals surface area contributed by atoms with Crippen LogP contribution >= 0.6 is 0 Å². The van der Waals surface area contributed by atoms with E-state index in [9.17, 15) is 0 Å². The third-order valence-corrected chi connectivity index (χ3v) is 3.16. The van der Waals surface area contributed by atoms with Crippen LogP contribution in [0.5, 0.6) is 5.75 Å². The minimum atomic E-state index is 0.559. The molecule has 0 fully saturated rings. The maximum absolute atomic E-state index is 6.01. The number of methoxy groups -OCH3 is 1. The second kappa shape index (κ2) is 4.77. The molecule has 0 saturated carbocycles. The van der Waals surface area contributed by atoms with Crippen molar-refractivity contribution in [2.24, 2.45) is 0 Å². The van der Waals surface area contributed by atoms with E-state index >= 15 is 0 Å². The number of pyridine rings is 1. The first-order chi connectivity index (χ1) is 9.28. The van der Waals surface area contributed by atoms with E-state index in [1.807, 2.05) is 54.6 Å². The Balaban J connectivity index is 2.14. The zero-order chi connectivity index (χ0) is 13.2. The van der Waals surface area contributed by atoms with Gasteiger partial charge in [-0.3, -0.25) is 4.98 Å². The summed E-state index contributed by atoms with van der Waals surface area (Å²) < 4.78 is 5.15. The van der Waals surface area contributed by atoms with Crippen LogP contribution in [-0.4, -0.2) is 19.9 Å². The Kier molecular flexibility index (Phi) is 2.96. The van der Waals surface area contributed by atoms with Crippen LogP contribution in [0.15, 0.2) is 54.6 Å². The molecular weight excluding hydrogens is 233 g/mol. The molecule has 0 spiro atoms. The summed E-state index contributed by atoms with van der Waals surface area (Å²) >= 11 is 0. The predicted molar refractivity (Wildman–Crippen MR) is 79.1 cm³/mol. The number of aromatic nitrogens is 1. The van der Waals surface area contributed by atoms with Crippen molar-refractivity contribution in [2.45, 2.75) is 0 Å². The number of hydrogen-bond donors (Lipinski definition) is 0. The first-order valence-corrected chi connectivity index (χ1v) is 6.07. The van der Waals surface area contributed by atoms with Gasteiger partial charge in [0.15, 0.2) is 0 Å². The first kappa shape index (κ1) is 11.8. The minimum absolute atomic E-state index is 0.559. The summed E-state index contributed by atoms with van der Waals surface area (Å²) in [6.07, 6.45) is 0. The van der Waals surface area contributed by atoms with Crippen molar-refractivity contribution >= 4 is 24.2 Å². The van der Waals surface area contributed by atoms with Gasteiger partial charge < -0.3 is 4.74 Å². The summed E-state index contributed by atoms with van der Waals surface area (Å²) in [7, 11) is 7.67. The number of nitrogens with zero attached hydrogens (tertiary/aromatic N) is 1. The maximum Gasteiger partial charge on any atom is 0.142 e. The molecule has 2 radical (unpaired) electrons. The van der Waals surface area contributed by atoms with E-state index in [1.54, 1.807) is 7.11 Å². The van der Waals surface area contributed by atoms with Crippen molar-refractivity contribution in [1.82, 2.24) is 4.98 Å². The van der Waals surface area contributed by atoms with Gasteiger partial charge in [-0.05, 0) is 46.7 Å². The molecule has 1 aromatic heterocycles. The second-order valence-corrected chi connectivity index (χ2v) is 4.34. The van der Waals surface area contributed by atoms with Crippen LogP contribution in [0.25, 0.3) is 22.0 Å². The standard InChI is InChI=1S/C16H12BNO/c1-19-13-8-6-11(7-9-13)15-10-12-4-2-3-5-14(12)16(17)18-15/h2-10H,1H3. The smallest absolute Gasteiger partial charge is 0.142 e. The highest BCUT2D eigenvalue weighted by Gasteiger charge is 2.04. The van der Waals surface area contributed by atoms with E-state index in [0.717, 1.165) is 27.8 Å². The summed E-state index contributed by atoms with van der Waals surface area (Å²) in [5.41, 5.74) is 2.46. The van der Waals surface area contributed by atoms with Crippen molar-refractivity contribution in [1.29, 1.82) is 0 Å². The van der Waals surface area contributed by atoms with Crippen molar-refractivity contribution < 1.29 is 4.74 Å². The van der Waals surface area contributed by atoms with Crippen LogP contribution < -0.4 is 10.3 Å². The molecule has 0 N–H and O–H groups in total. The fraction of sp³-hybridized carbons (Fsp3) is 0.0625. The highest BCUT2D eigenvalue weighted by Crippen LogP contribution is 2.22. The Bertz CT molecular complexity index is 722. The lowest BCUT2D eigenvalue weighted by atomic mass is 9.95. The average molecular weight is 245 g/mol. The topological polar surface area (TPSA) is 22.1 Å². The van der Waals surface area contributed by atoms with Gasteiger partial charge >= 0.3 is 0 Å². The SMILES string of the molecule is [B]c1nc(-c2ccc(OC)cc2)cc2ccccc12. The van der Waals surface area contributed by atoms with Crippen LogP contribution in [-0.2, 0) is 0 Å². The summed E-state index contributed by atoms with van der Waals surface area (Å²) in [6.45, 7) is 0. The van der Waals surface area contributed by atoms with Gasteiger partial charge in [-0.2, -0.15) is 0 Å². The molecule has 0 aliphatic rings. The van der Waals surface area contributed by atoms with Crippen LogP contribution in [0, 0.1) is 0 Å². The molecule has 90 valence electrons. The molecule has 2 aromatic carbocycles. The number of benzene rings is 2. The molecule has 0 atom stereocenters. The van der Waals surface area contributed by atoms with Gasteiger partial charge in [0.1, 0.15) is 13.6 Å². The summed E-state index contributed by atoms with van der Waals surface area (Å²) in [5, 5.41) is 2.08. The second-order valence-electron chi connectivity index (χ2n) is 4.34. The van der Waals surface area contributed by atoms with Crippen LogP contribution in [0.4, 0.5) is 0 Å². The molecule has 3 aromatic rings. The largest absolute Gasteiger partial charge is 0.497 e. The van der Waals surface area contributed by atoms with Crippen molar-refractivity contribution in [3.63, 3.8) is 0 Å². The van der Waals surface area contributed by atoms with Crippen LogP contribution in [0.1, 0.15) is 0 Å². The maximum atomic E-state index is 6.01. The predicted octanol–water partition coefficient (Wildman–Crippen LogP) is 2.70. The Labute approximate surface area is 113 Å². The quantitative estimate of drug-likeness (QED) is 0.647. The molecule has 0 aliphatic carbocycles. The Morgan fingerprint density at radius 1 is 1.00 bits per heavy atom. The van der Waals surface area contributed by atoms with Crippen LogP contribution in [0.2, 0.25) is 0 Å². The third kappa shape index (κ3) is 2.19. The molecule has 0 bridgehead atoms. The molecular formula is C16H12BNO. The van der Waals surface area contributed by atoms with E-state index in [2.05, 4.69) is 4.98 Å². The highest BCUT2D eigenvalue weighted by molar-refractivity contribution is 6.37. The highest BCUT2D eigenvalue weighted by atomic mass is 16.5. The van der Waals surface area contributed by atoms with Gasteiger partial charge in [0.25, 0.3) is 0 Å². The molecule has 1 heterocycles. The van der Waals surface area contributed by atoms with Gasteiger partial charge in [-0.25, -0.2) is 0 Å². The summed E-state index contributed by atoms with van der Waals surface area (Å²) in [6, 6.07) is 17.8. The van der Waals surface area contributed by atoms with E-state index in [0.29, 0.717) is 5.59 Å². The van der Waals surface area contributed by atoms with E-state index in [1.165, 1.54) is 0 Å². The Morgan fingerprint density at radius 2 is 1.74 bits per heavy atom. The molecule has 0 saturated heterocycles. The summed E-state index contributed by atoms with van der Waals surface area (Å²) in [5.74, 6) is 0.831. The Morgan fingerprint density at radius 3 is 2.47 bits per heavy atom. The van der Waals surface area contributed by atoms with Gasteiger partial charge in [0.05, 0.1) is 12.8 Å². The number of fused-ring (bicyclic) bond motifs is 1. The first-order valence-electron chi connectivity index (χ1n) is 6.07. The lowest BCUT2D eigenvalue weighted by molar-refractivity contribution is 0.415. The van der Waals surface area contributed by atoms with Gasteiger partial charge in [0.2, 0.25) is 0 Å². The molecule has 2 nitrogen and oxygen atoms in total. The molecule has 19 heavy (non-hydrogen) atoms. The third-order valence-electron chi connectivity index (χ3n) is 3.16. The minimum Gasteiger partial charge on any atom is -0.497 e. The van der Waals surface area contributed by atoms with E-state index in [4.69, 9.17) is 12.6 Å². The monoisotopic (exact) mass is 245 g/mol. The van der Waals surface area contributed by atoms with E-state index < -0.39 is 0 Å². The zero-order valence-corrected chi connectivity index (χ0v) is 10.6. The van der Waals surface area contributed by atoms with Gasteiger partial charge in [-0.1, -0.05) is 24.3 Å². The Hall–Kier alpha value is -2.29. The molecule has 0 unspecified atom stereocenters. The fourth-order valence-electron chi connectivity index (χ4n) is 2.14. The molecule has 0 amide bonds. The number of hydrogen-bond acceptors (Lipinski definition) is 2. The lowest BCUT2D eigenvalue weighted by Crippen LogP contribution is -2.10. The van der Waals surface area contributed by atoms with E-state index in [-0.39, 0.29) is 0 Å².